The van der Waals surface area contributed by atoms with Gasteiger partial charge in [-0.05, 0) is 25.8 Å². The highest BCUT2D eigenvalue weighted by Crippen LogP contribution is 2.57. The van der Waals surface area contributed by atoms with Crippen molar-refractivity contribution in [2.45, 2.75) is 26.2 Å². The summed E-state index contributed by atoms with van der Waals surface area (Å²) >= 11 is 0. The zero-order valence-corrected chi connectivity index (χ0v) is 12.1. The SMILES string of the molecule is CCOC(=O)[C@@H]1C[C@](C)(C(=O)OC)[C@H]1c1ccccc1. The molecule has 1 aromatic carbocycles. The normalized spacial score (nSPS) is 28.4. The maximum atomic E-state index is 12.1. The smallest absolute Gasteiger partial charge is 0.312 e. The second-order valence-corrected chi connectivity index (χ2v) is 5.36. The molecule has 4 nitrogen and oxygen atoms in total. The van der Waals surface area contributed by atoms with Crippen LogP contribution in [0.25, 0.3) is 0 Å². The molecule has 3 atom stereocenters. The molecular weight excluding hydrogens is 256 g/mol. The van der Waals surface area contributed by atoms with Crippen molar-refractivity contribution in [3.8, 4) is 0 Å². The van der Waals surface area contributed by atoms with E-state index in [4.69, 9.17) is 9.47 Å². The van der Waals surface area contributed by atoms with Crippen LogP contribution in [-0.2, 0) is 19.1 Å². The lowest BCUT2D eigenvalue weighted by Gasteiger charge is -2.49. The molecule has 0 aromatic heterocycles. The molecule has 0 bridgehead atoms. The lowest BCUT2D eigenvalue weighted by molar-refractivity contribution is -0.173. The fourth-order valence-corrected chi connectivity index (χ4v) is 3.16. The lowest BCUT2D eigenvalue weighted by Crippen LogP contribution is -2.53. The van der Waals surface area contributed by atoms with Gasteiger partial charge in [-0.2, -0.15) is 0 Å². The molecule has 0 amide bonds. The molecule has 4 heteroatoms. The first kappa shape index (κ1) is 14.6. The van der Waals surface area contributed by atoms with Crippen molar-refractivity contribution < 1.29 is 19.1 Å². The molecule has 0 aliphatic heterocycles. The Kier molecular flexibility index (Phi) is 4.12. The third-order valence-corrected chi connectivity index (χ3v) is 4.13. The largest absolute Gasteiger partial charge is 0.469 e. The molecule has 20 heavy (non-hydrogen) atoms. The molecule has 0 heterocycles. The Bertz CT molecular complexity index is 496. The van der Waals surface area contributed by atoms with Crippen molar-refractivity contribution in [1.82, 2.24) is 0 Å². The first-order valence-corrected chi connectivity index (χ1v) is 6.84. The number of hydrogen-bond donors (Lipinski definition) is 0. The van der Waals surface area contributed by atoms with E-state index in [1.54, 1.807) is 6.92 Å². The highest BCUT2D eigenvalue weighted by atomic mass is 16.5. The van der Waals surface area contributed by atoms with Gasteiger partial charge in [0.05, 0.1) is 25.0 Å². The van der Waals surface area contributed by atoms with Crippen molar-refractivity contribution in [1.29, 1.82) is 0 Å². The van der Waals surface area contributed by atoms with E-state index < -0.39 is 5.41 Å². The highest BCUT2D eigenvalue weighted by Gasteiger charge is 2.59. The summed E-state index contributed by atoms with van der Waals surface area (Å²) in [5, 5.41) is 0. The van der Waals surface area contributed by atoms with Crippen LogP contribution in [0.1, 0.15) is 31.7 Å². The summed E-state index contributed by atoms with van der Waals surface area (Å²) in [5.41, 5.74) is 0.317. The third kappa shape index (κ3) is 2.30. The van der Waals surface area contributed by atoms with Gasteiger partial charge >= 0.3 is 11.9 Å². The highest BCUT2D eigenvalue weighted by molar-refractivity contribution is 5.85. The van der Waals surface area contributed by atoms with E-state index in [0.717, 1.165) is 5.56 Å². The average molecular weight is 276 g/mol. The molecule has 1 fully saturated rings. The summed E-state index contributed by atoms with van der Waals surface area (Å²) in [4.78, 5) is 24.1. The molecule has 1 aliphatic rings. The quantitative estimate of drug-likeness (QED) is 0.793. The van der Waals surface area contributed by atoms with Gasteiger partial charge in [0.1, 0.15) is 0 Å². The number of carbonyl (C=O) groups is 2. The molecule has 0 spiro atoms. The van der Waals surface area contributed by atoms with Gasteiger partial charge in [0.15, 0.2) is 0 Å². The molecule has 1 aliphatic carbocycles. The average Bonchev–Trinajstić information content (AvgIpc) is 2.44. The van der Waals surface area contributed by atoms with Crippen LogP contribution in [0.4, 0.5) is 0 Å². The Morgan fingerprint density at radius 3 is 2.50 bits per heavy atom. The zero-order chi connectivity index (χ0) is 14.8. The number of rotatable bonds is 4. The number of esters is 2. The van der Waals surface area contributed by atoms with Crippen LogP contribution >= 0.6 is 0 Å². The Labute approximate surface area is 119 Å². The maximum Gasteiger partial charge on any atom is 0.312 e. The minimum Gasteiger partial charge on any atom is -0.469 e. The van der Waals surface area contributed by atoms with Gasteiger partial charge in [-0.25, -0.2) is 0 Å². The van der Waals surface area contributed by atoms with Crippen LogP contribution in [-0.4, -0.2) is 25.7 Å². The second-order valence-electron chi connectivity index (χ2n) is 5.36. The first-order valence-electron chi connectivity index (χ1n) is 6.84. The van der Waals surface area contributed by atoms with Crippen molar-refractivity contribution >= 4 is 11.9 Å². The summed E-state index contributed by atoms with van der Waals surface area (Å²) in [7, 11) is 1.38. The van der Waals surface area contributed by atoms with Crippen LogP contribution in [0.2, 0.25) is 0 Å². The standard InChI is InChI=1S/C16H20O4/c1-4-20-14(17)12-10-16(2,15(18)19-3)13(12)11-8-6-5-7-9-11/h5-9,12-13H,4,10H2,1-3H3/t12-,13+,16+/m1/s1. The fraction of sp³-hybridized carbons (Fsp3) is 0.500. The molecule has 0 radical (unpaired) electrons. The van der Waals surface area contributed by atoms with Gasteiger partial charge in [-0.1, -0.05) is 30.3 Å². The first-order chi connectivity index (χ1) is 9.54. The number of ether oxygens (including phenoxy) is 2. The molecule has 0 N–H and O–H groups in total. The van der Waals surface area contributed by atoms with Gasteiger partial charge in [0.2, 0.25) is 0 Å². The summed E-state index contributed by atoms with van der Waals surface area (Å²) < 4.78 is 10.0. The molecule has 108 valence electrons. The van der Waals surface area contributed by atoms with E-state index in [0.29, 0.717) is 13.0 Å². The van der Waals surface area contributed by atoms with Crippen LogP contribution in [0.15, 0.2) is 30.3 Å². The summed E-state index contributed by atoms with van der Waals surface area (Å²) in [5.74, 6) is -0.966. The van der Waals surface area contributed by atoms with Crippen molar-refractivity contribution in [2.24, 2.45) is 11.3 Å². The van der Waals surface area contributed by atoms with Gasteiger partial charge in [0.25, 0.3) is 0 Å². The number of hydrogen-bond acceptors (Lipinski definition) is 4. The Balaban J connectivity index is 2.31. The fourth-order valence-electron chi connectivity index (χ4n) is 3.16. The minimum absolute atomic E-state index is 0.185. The van der Waals surface area contributed by atoms with Gasteiger partial charge in [-0.3, -0.25) is 9.59 Å². The lowest BCUT2D eigenvalue weighted by atomic mass is 9.52. The van der Waals surface area contributed by atoms with Crippen LogP contribution < -0.4 is 0 Å². The van der Waals surface area contributed by atoms with Crippen LogP contribution in [0.3, 0.4) is 0 Å². The maximum absolute atomic E-state index is 12.1. The molecule has 2 rings (SSSR count). The molecular formula is C16H20O4. The predicted molar refractivity (Wildman–Crippen MR) is 74.0 cm³/mol. The van der Waals surface area contributed by atoms with Crippen LogP contribution in [0.5, 0.6) is 0 Å². The van der Waals surface area contributed by atoms with E-state index in [1.807, 2.05) is 37.3 Å². The van der Waals surface area contributed by atoms with Crippen LogP contribution in [0, 0.1) is 11.3 Å². The monoisotopic (exact) mass is 276 g/mol. The second kappa shape index (κ2) is 5.65. The molecule has 1 saturated carbocycles. The minimum atomic E-state index is -0.659. The molecule has 0 saturated heterocycles. The van der Waals surface area contributed by atoms with Gasteiger partial charge < -0.3 is 9.47 Å². The molecule has 0 unspecified atom stereocenters. The predicted octanol–water partition coefficient (Wildman–Crippen LogP) is 2.53. The Morgan fingerprint density at radius 2 is 1.95 bits per heavy atom. The van der Waals surface area contributed by atoms with Crippen molar-refractivity contribution in [3.05, 3.63) is 35.9 Å². The van der Waals surface area contributed by atoms with Crippen molar-refractivity contribution in [2.75, 3.05) is 13.7 Å². The van der Waals surface area contributed by atoms with Gasteiger partial charge in [0, 0.05) is 5.92 Å². The third-order valence-electron chi connectivity index (χ3n) is 4.13. The topological polar surface area (TPSA) is 52.6 Å². The summed E-state index contributed by atoms with van der Waals surface area (Å²) in [6.07, 6.45) is 0.470. The Morgan fingerprint density at radius 1 is 1.30 bits per heavy atom. The summed E-state index contributed by atoms with van der Waals surface area (Å²) in [6, 6.07) is 9.62. The Hall–Kier alpha value is -1.84. The van der Waals surface area contributed by atoms with E-state index in [9.17, 15) is 9.59 Å². The van der Waals surface area contributed by atoms with E-state index in [1.165, 1.54) is 7.11 Å². The van der Waals surface area contributed by atoms with Gasteiger partial charge in [-0.15, -0.1) is 0 Å². The summed E-state index contributed by atoms with van der Waals surface area (Å²) in [6.45, 7) is 3.99. The molecule has 1 aromatic rings. The van der Waals surface area contributed by atoms with E-state index in [2.05, 4.69) is 0 Å². The van der Waals surface area contributed by atoms with Crippen molar-refractivity contribution in [3.63, 3.8) is 0 Å². The zero-order valence-electron chi connectivity index (χ0n) is 12.1. The van der Waals surface area contributed by atoms with E-state index >= 15 is 0 Å². The number of methoxy groups -OCH3 is 1. The number of carbonyl (C=O) groups excluding carboxylic acids is 2. The van der Waals surface area contributed by atoms with E-state index in [-0.39, 0.29) is 23.8 Å². The number of benzene rings is 1.